The van der Waals surface area contributed by atoms with Crippen LogP contribution in [0.15, 0.2) is 36.7 Å². The average molecular weight is 312 g/mol. The molecule has 0 radical (unpaired) electrons. The van der Waals surface area contributed by atoms with E-state index in [0.717, 1.165) is 24.2 Å². The van der Waals surface area contributed by atoms with Crippen molar-refractivity contribution in [3.8, 4) is 11.4 Å². The lowest BCUT2D eigenvalue weighted by atomic mass is 9.96. The number of imidazole rings is 1. The van der Waals surface area contributed by atoms with Crippen LogP contribution in [0.25, 0.3) is 11.4 Å². The van der Waals surface area contributed by atoms with Crippen molar-refractivity contribution < 1.29 is 9.59 Å². The molecule has 0 atom stereocenters. The molecule has 1 saturated carbocycles. The SMILES string of the molecule is Cn1ccnc1-c1cccc(C(=O)NC2(C(N)=O)CCCC2)c1. The minimum absolute atomic E-state index is 0.276. The Kier molecular flexibility index (Phi) is 3.90. The van der Waals surface area contributed by atoms with Crippen molar-refractivity contribution in [2.45, 2.75) is 31.2 Å². The molecule has 1 aliphatic carbocycles. The van der Waals surface area contributed by atoms with Gasteiger partial charge in [-0.3, -0.25) is 9.59 Å². The van der Waals surface area contributed by atoms with E-state index in [1.807, 2.05) is 29.9 Å². The maximum Gasteiger partial charge on any atom is 0.252 e. The molecule has 0 saturated heterocycles. The van der Waals surface area contributed by atoms with E-state index in [1.165, 1.54) is 0 Å². The fraction of sp³-hybridized carbons (Fsp3) is 0.353. The molecule has 3 N–H and O–H groups in total. The number of aromatic nitrogens is 2. The van der Waals surface area contributed by atoms with Gasteiger partial charge < -0.3 is 15.6 Å². The number of benzene rings is 1. The lowest BCUT2D eigenvalue weighted by Gasteiger charge is -2.26. The second kappa shape index (κ2) is 5.87. The molecule has 2 amide bonds. The first-order valence-corrected chi connectivity index (χ1v) is 7.72. The molecule has 1 aliphatic rings. The van der Waals surface area contributed by atoms with Crippen molar-refractivity contribution >= 4 is 11.8 Å². The van der Waals surface area contributed by atoms with Crippen molar-refractivity contribution in [1.82, 2.24) is 14.9 Å². The number of carbonyl (C=O) groups is 2. The van der Waals surface area contributed by atoms with Crippen LogP contribution in [0.3, 0.4) is 0 Å². The molecule has 6 nitrogen and oxygen atoms in total. The van der Waals surface area contributed by atoms with Crippen LogP contribution < -0.4 is 11.1 Å². The molecule has 1 fully saturated rings. The number of aryl methyl sites for hydroxylation is 1. The first-order valence-electron chi connectivity index (χ1n) is 7.72. The van der Waals surface area contributed by atoms with Gasteiger partial charge in [0.2, 0.25) is 5.91 Å². The Balaban J connectivity index is 1.86. The summed E-state index contributed by atoms with van der Waals surface area (Å²) in [5.74, 6) is 0.0514. The van der Waals surface area contributed by atoms with Crippen LogP contribution in [0, 0.1) is 0 Å². The van der Waals surface area contributed by atoms with E-state index in [4.69, 9.17) is 5.73 Å². The Hall–Kier alpha value is -2.63. The Morgan fingerprint density at radius 1 is 1.30 bits per heavy atom. The van der Waals surface area contributed by atoms with Crippen LogP contribution in [-0.2, 0) is 11.8 Å². The number of hydrogen-bond donors (Lipinski definition) is 2. The summed E-state index contributed by atoms with van der Waals surface area (Å²) in [7, 11) is 1.90. The van der Waals surface area contributed by atoms with E-state index in [9.17, 15) is 9.59 Å². The number of carbonyl (C=O) groups excluding carboxylic acids is 2. The van der Waals surface area contributed by atoms with E-state index in [-0.39, 0.29) is 5.91 Å². The third-order valence-corrected chi connectivity index (χ3v) is 4.49. The molecule has 1 heterocycles. The Labute approximate surface area is 134 Å². The van der Waals surface area contributed by atoms with E-state index >= 15 is 0 Å². The van der Waals surface area contributed by atoms with Gasteiger partial charge in [0.05, 0.1) is 0 Å². The van der Waals surface area contributed by atoms with Crippen molar-refractivity contribution in [1.29, 1.82) is 0 Å². The summed E-state index contributed by atoms with van der Waals surface area (Å²) in [5.41, 5.74) is 5.96. The van der Waals surface area contributed by atoms with Crippen molar-refractivity contribution in [2.75, 3.05) is 0 Å². The Morgan fingerprint density at radius 3 is 2.65 bits per heavy atom. The zero-order valence-electron chi connectivity index (χ0n) is 13.1. The maximum absolute atomic E-state index is 12.6. The lowest BCUT2D eigenvalue weighted by molar-refractivity contribution is -0.123. The number of nitrogens with one attached hydrogen (secondary N) is 1. The fourth-order valence-electron chi connectivity index (χ4n) is 3.14. The summed E-state index contributed by atoms with van der Waals surface area (Å²) in [5, 5.41) is 2.85. The van der Waals surface area contributed by atoms with Crippen LogP contribution in [0.4, 0.5) is 0 Å². The molecule has 0 unspecified atom stereocenters. The van der Waals surface area contributed by atoms with Crippen LogP contribution in [0.1, 0.15) is 36.0 Å². The Morgan fingerprint density at radius 2 is 2.04 bits per heavy atom. The average Bonchev–Trinajstić information content (AvgIpc) is 3.17. The standard InChI is InChI=1S/C17H20N4O2/c1-21-10-9-19-14(21)12-5-4-6-13(11-12)15(22)20-17(16(18)23)7-2-3-8-17/h4-6,9-11H,2-3,7-8H2,1H3,(H2,18,23)(H,20,22). The van der Waals surface area contributed by atoms with Crippen LogP contribution >= 0.6 is 0 Å². The quantitative estimate of drug-likeness (QED) is 0.899. The summed E-state index contributed by atoms with van der Waals surface area (Å²) >= 11 is 0. The molecule has 3 rings (SSSR count). The number of primary amides is 1. The molecule has 1 aromatic heterocycles. The smallest absolute Gasteiger partial charge is 0.252 e. The fourth-order valence-corrected chi connectivity index (χ4v) is 3.14. The van der Waals surface area contributed by atoms with Gasteiger partial charge in [-0.25, -0.2) is 4.98 Å². The highest BCUT2D eigenvalue weighted by molar-refractivity contribution is 5.99. The van der Waals surface area contributed by atoms with Gasteiger partial charge in [0, 0.05) is 30.6 Å². The molecular weight excluding hydrogens is 292 g/mol. The van der Waals surface area contributed by atoms with Gasteiger partial charge in [-0.15, -0.1) is 0 Å². The van der Waals surface area contributed by atoms with Gasteiger partial charge in [0.25, 0.3) is 5.91 Å². The molecule has 120 valence electrons. The first kappa shape index (κ1) is 15.3. The van der Waals surface area contributed by atoms with Crippen molar-refractivity contribution in [2.24, 2.45) is 12.8 Å². The molecule has 0 bridgehead atoms. The van der Waals surface area contributed by atoms with Gasteiger partial charge in [0.1, 0.15) is 11.4 Å². The maximum atomic E-state index is 12.6. The largest absolute Gasteiger partial charge is 0.368 e. The van der Waals surface area contributed by atoms with Crippen molar-refractivity contribution in [3.05, 3.63) is 42.2 Å². The normalized spacial score (nSPS) is 16.2. The van der Waals surface area contributed by atoms with Gasteiger partial charge >= 0.3 is 0 Å². The van der Waals surface area contributed by atoms with Crippen LogP contribution in [0.5, 0.6) is 0 Å². The van der Waals surface area contributed by atoms with Gasteiger partial charge in [0.15, 0.2) is 0 Å². The highest BCUT2D eigenvalue weighted by Crippen LogP contribution is 2.30. The van der Waals surface area contributed by atoms with Crippen molar-refractivity contribution in [3.63, 3.8) is 0 Å². The lowest BCUT2D eigenvalue weighted by Crippen LogP contribution is -2.55. The van der Waals surface area contributed by atoms with E-state index in [2.05, 4.69) is 10.3 Å². The van der Waals surface area contributed by atoms with Gasteiger partial charge in [-0.1, -0.05) is 25.0 Å². The zero-order valence-corrected chi connectivity index (χ0v) is 13.1. The summed E-state index contributed by atoms with van der Waals surface area (Å²) in [4.78, 5) is 28.6. The van der Waals surface area contributed by atoms with E-state index in [1.54, 1.807) is 18.3 Å². The first-order chi connectivity index (χ1) is 11.0. The third-order valence-electron chi connectivity index (χ3n) is 4.49. The molecule has 1 aromatic carbocycles. The van der Waals surface area contributed by atoms with Gasteiger partial charge in [-0.2, -0.15) is 0 Å². The minimum Gasteiger partial charge on any atom is -0.368 e. The molecule has 23 heavy (non-hydrogen) atoms. The number of hydrogen-bond acceptors (Lipinski definition) is 3. The predicted molar refractivity (Wildman–Crippen MR) is 86.5 cm³/mol. The minimum atomic E-state index is -0.906. The van der Waals surface area contributed by atoms with E-state index < -0.39 is 11.4 Å². The second-order valence-electron chi connectivity index (χ2n) is 6.05. The monoisotopic (exact) mass is 312 g/mol. The van der Waals surface area contributed by atoms with Crippen LogP contribution in [-0.4, -0.2) is 26.9 Å². The summed E-state index contributed by atoms with van der Waals surface area (Å²) in [6, 6.07) is 7.22. The van der Waals surface area contributed by atoms with Crippen LogP contribution in [0.2, 0.25) is 0 Å². The highest BCUT2D eigenvalue weighted by atomic mass is 16.2. The number of rotatable bonds is 4. The topological polar surface area (TPSA) is 90.0 Å². The summed E-state index contributed by atoms with van der Waals surface area (Å²) < 4.78 is 1.89. The predicted octanol–water partition coefficient (Wildman–Crippen LogP) is 1.61. The molecule has 0 spiro atoms. The highest BCUT2D eigenvalue weighted by Gasteiger charge is 2.41. The molecule has 6 heteroatoms. The summed E-state index contributed by atoms with van der Waals surface area (Å²) in [6.45, 7) is 0. The number of nitrogens with zero attached hydrogens (tertiary/aromatic N) is 2. The molecule has 0 aliphatic heterocycles. The number of amides is 2. The molecular formula is C17H20N4O2. The molecule has 2 aromatic rings. The summed E-state index contributed by atoms with van der Waals surface area (Å²) in [6.07, 6.45) is 6.57. The second-order valence-corrected chi connectivity index (χ2v) is 6.05. The van der Waals surface area contributed by atoms with Gasteiger partial charge in [-0.05, 0) is 25.0 Å². The Bertz CT molecular complexity index is 745. The zero-order chi connectivity index (χ0) is 16.4. The van der Waals surface area contributed by atoms with E-state index in [0.29, 0.717) is 18.4 Å². The third kappa shape index (κ3) is 2.84. The number of nitrogens with two attached hydrogens (primary N) is 1.